The molecule has 2 rings (SSSR count). The topological polar surface area (TPSA) is 20.2 Å². The molecule has 0 spiro atoms. The van der Waals surface area contributed by atoms with Crippen molar-refractivity contribution in [3.63, 3.8) is 0 Å². The third-order valence-corrected chi connectivity index (χ3v) is 3.00. The van der Waals surface area contributed by atoms with E-state index in [1.807, 2.05) is 26.0 Å². The van der Waals surface area contributed by atoms with Gasteiger partial charge in [-0.1, -0.05) is 12.1 Å². The average molecular weight is 194 g/mol. The molecule has 1 aliphatic carbocycles. The Morgan fingerprint density at radius 1 is 1.29 bits per heavy atom. The van der Waals surface area contributed by atoms with Crippen molar-refractivity contribution in [3.8, 4) is 0 Å². The summed E-state index contributed by atoms with van der Waals surface area (Å²) in [6.07, 6.45) is 1.01. The van der Waals surface area contributed by atoms with Crippen molar-refractivity contribution in [1.29, 1.82) is 0 Å². The van der Waals surface area contributed by atoms with Crippen molar-refractivity contribution < 1.29 is 9.50 Å². The molecule has 0 unspecified atom stereocenters. The summed E-state index contributed by atoms with van der Waals surface area (Å²) < 4.78 is 12.7. The minimum Gasteiger partial charge on any atom is -0.390 e. The molecular formula is C12H15FO. The highest BCUT2D eigenvalue weighted by Crippen LogP contribution is 2.53. The van der Waals surface area contributed by atoms with Gasteiger partial charge in [0.1, 0.15) is 5.82 Å². The first-order valence-electron chi connectivity index (χ1n) is 4.96. The van der Waals surface area contributed by atoms with Crippen LogP contribution in [0.5, 0.6) is 0 Å². The third-order valence-electron chi connectivity index (χ3n) is 3.00. The van der Waals surface area contributed by atoms with Crippen LogP contribution in [0.15, 0.2) is 24.3 Å². The van der Waals surface area contributed by atoms with E-state index >= 15 is 0 Å². The van der Waals surface area contributed by atoms with Crippen LogP contribution >= 0.6 is 0 Å². The van der Waals surface area contributed by atoms with Gasteiger partial charge in [-0.3, -0.25) is 0 Å². The lowest BCUT2D eigenvalue weighted by Crippen LogP contribution is -2.22. The molecule has 0 bridgehead atoms. The molecule has 2 atom stereocenters. The van der Waals surface area contributed by atoms with E-state index in [0.717, 1.165) is 12.0 Å². The molecule has 14 heavy (non-hydrogen) atoms. The molecule has 76 valence electrons. The second kappa shape index (κ2) is 3.06. The molecule has 1 aromatic rings. The maximum atomic E-state index is 12.7. The van der Waals surface area contributed by atoms with Crippen LogP contribution in [0, 0.1) is 11.7 Å². The highest BCUT2D eigenvalue weighted by atomic mass is 19.1. The molecule has 1 aliphatic rings. The van der Waals surface area contributed by atoms with Gasteiger partial charge in [0.25, 0.3) is 0 Å². The minimum absolute atomic E-state index is 0.200. The third kappa shape index (κ3) is 1.80. The summed E-state index contributed by atoms with van der Waals surface area (Å²) in [5.74, 6) is 0.540. The Kier molecular flexibility index (Phi) is 2.11. The SMILES string of the molecule is CC(C)(O)[C@H]1C[C@@H]1c1ccc(F)cc1. The van der Waals surface area contributed by atoms with E-state index in [9.17, 15) is 9.50 Å². The fourth-order valence-corrected chi connectivity index (χ4v) is 2.05. The quantitative estimate of drug-likeness (QED) is 0.767. The molecule has 1 saturated carbocycles. The molecular weight excluding hydrogens is 179 g/mol. The average Bonchev–Trinajstić information content (AvgIpc) is 2.83. The summed E-state index contributed by atoms with van der Waals surface area (Å²) in [6, 6.07) is 6.58. The van der Waals surface area contributed by atoms with Gasteiger partial charge in [-0.05, 0) is 49.8 Å². The van der Waals surface area contributed by atoms with E-state index in [-0.39, 0.29) is 5.82 Å². The van der Waals surface area contributed by atoms with Crippen LogP contribution < -0.4 is 0 Å². The maximum Gasteiger partial charge on any atom is 0.123 e. The largest absolute Gasteiger partial charge is 0.390 e. The Hall–Kier alpha value is -0.890. The van der Waals surface area contributed by atoms with Crippen molar-refractivity contribution in [2.45, 2.75) is 31.8 Å². The Labute approximate surface area is 83.6 Å². The molecule has 1 aromatic carbocycles. The van der Waals surface area contributed by atoms with Gasteiger partial charge in [0.05, 0.1) is 5.60 Å². The molecule has 0 aromatic heterocycles. The van der Waals surface area contributed by atoms with E-state index in [2.05, 4.69) is 0 Å². The van der Waals surface area contributed by atoms with E-state index in [0.29, 0.717) is 11.8 Å². The Morgan fingerprint density at radius 3 is 2.29 bits per heavy atom. The first-order valence-corrected chi connectivity index (χ1v) is 4.96. The fraction of sp³-hybridized carbons (Fsp3) is 0.500. The zero-order valence-electron chi connectivity index (χ0n) is 8.50. The highest BCUT2D eigenvalue weighted by molar-refractivity contribution is 5.27. The van der Waals surface area contributed by atoms with Crippen molar-refractivity contribution in [2.75, 3.05) is 0 Å². The zero-order chi connectivity index (χ0) is 10.3. The van der Waals surface area contributed by atoms with Gasteiger partial charge in [-0.2, -0.15) is 0 Å². The molecule has 1 N–H and O–H groups in total. The van der Waals surface area contributed by atoms with E-state index in [4.69, 9.17) is 0 Å². The smallest absolute Gasteiger partial charge is 0.123 e. The summed E-state index contributed by atoms with van der Waals surface area (Å²) in [4.78, 5) is 0. The van der Waals surface area contributed by atoms with Crippen LogP contribution in [0.1, 0.15) is 31.7 Å². The van der Waals surface area contributed by atoms with E-state index in [1.54, 1.807) is 0 Å². The standard InChI is InChI=1S/C12H15FO/c1-12(2,14)11-7-10(11)8-3-5-9(13)6-4-8/h3-6,10-11,14H,7H2,1-2H3/t10-,11+/m1/s1. The van der Waals surface area contributed by atoms with Crippen LogP contribution in [-0.4, -0.2) is 10.7 Å². The maximum absolute atomic E-state index is 12.7. The summed E-state index contributed by atoms with van der Waals surface area (Å²) in [5, 5.41) is 9.77. The summed E-state index contributed by atoms with van der Waals surface area (Å²) >= 11 is 0. The van der Waals surface area contributed by atoms with Crippen molar-refractivity contribution in [2.24, 2.45) is 5.92 Å². The lowest BCUT2D eigenvalue weighted by atomic mass is 9.99. The van der Waals surface area contributed by atoms with Gasteiger partial charge in [0, 0.05) is 0 Å². The molecule has 0 heterocycles. The summed E-state index contributed by atoms with van der Waals surface area (Å²) in [7, 11) is 0. The number of hydrogen-bond acceptors (Lipinski definition) is 1. The van der Waals surface area contributed by atoms with Gasteiger partial charge >= 0.3 is 0 Å². The highest BCUT2D eigenvalue weighted by Gasteiger charge is 2.47. The number of benzene rings is 1. The normalized spacial score (nSPS) is 26.3. The van der Waals surface area contributed by atoms with Crippen molar-refractivity contribution in [1.82, 2.24) is 0 Å². The zero-order valence-corrected chi connectivity index (χ0v) is 8.50. The van der Waals surface area contributed by atoms with Gasteiger partial charge in [0.2, 0.25) is 0 Å². The molecule has 0 saturated heterocycles. The second-order valence-corrected chi connectivity index (χ2v) is 4.65. The number of hydrogen-bond donors (Lipinski definition) is 1. The van der Waals surface area contributed by atoms with Crippen molar-refractivity contribution >= 4 is 0 Å². The molecule has 0 radical (unpaired) electrons. The van der Waals surface area contributed by atoms with Gasteiger partial charge < -0.3 is 5.11 Å². The Morgan fingerprint density at radius 2 is 1.86 bits per heavy atom. The molecule has 1 nitrogen and oxygen atoms in total. The van der Waals surface area contributed by atoms with Gasteiger partial charge in [-0.15, -0.1) is 0 Å². The van der Waals surface area contributed by atoms with Crippen LogP contribution in [0.4, 0.5) is 4.39 Å². The van der Waals surface area contributed by atoms with E-state index < -0.39 is 5.60 Å². The first kappa shape index (κ1) is 9.66. The number of rotatable bonds is 2. The minimum atomic E-state index is -0.612. The monoisotopic (exact) mass is 194 g/mol. The second-order valence-electron chi connectivity index (χ2n) is 4.65. The van der Waals surface area contributed by atoms with Gasteiger partial charge in [-0.25, -0.2) is 4.39 Å². The molecule has 2 heteroatoms. The van der Waals surface area contributed by atoms with E-state index in [1.165, 1.54) is 12.1 Å². The molecule has 0 aliphatic heterocycles. The predicted molar refractivity (Wildman–Crippen MR) is 53.5 cm³/mol. The predicted octanol–water partition coefficient (Wildman–Crippen LogP) is 2.70. The Bertz CT molecular complexity index is 323. The first-order chi connectivity index (χ1) is 6.48. The lowest BCUT2D eigenvalue weighted by molar-refractivity contribution is 0.0546. The lowest BCUT2D eigenvalue weighted by Gasteiger charge is -2.16. The Balaban J connectivity index is 2.10. The summed E-state index contributed by atoms with van der Waals surface area (Å²) in [6.45, 7) is 3.67. The van der Waals surface area contributed by atoms with Crippen LogP contribution in [-0.2, 0) is 0 Å². The van der Waals surface area contributed by atoms with Crippen LogP contribution in [0.25, 0.3) is 0 Å². The molecule has 1 fully saturated rings. The fourth-order valence-electron chi connectivity index (χ4n) is 2.05. The van der Waals surface area contributed by atoms with Crippen molar-refractivity contribution in [3.05, 3.63) is 35.6 Å². The van der Waals surface area contributed by atoms with Gasteiger partial charge in [0.15, 0.2) is 0 Å². The number of aliphatic hydroxyl groups is 1. The molecule has 0 amide bonds. The number of halogens is 1. The summed E-state index contributed by atoms with van der Waals surface area (Å²) in [5.41, 5.74) is 0.525. The van der Waals surface area contributed by atoms with Crippen LogP contribution in [0.2, 0.25) is 0 Å². The van der Waals surface area contributed by atoms with Crippen LogP contribution in [0.3, 0.4) is 0 Å².